The first-order valence-corrected chi connectivity index (χ1v) is 5.27. The third-order valence-corrected chi connectivity index (χ3v) is 2.37. The number of nitrogens with zero attached hydrogens (tertiary/aromatic N) is 2. The van der Waals surface area contributed by atoms with Gasteiger partial charge >= 0.3 is 11.7 Å². The van der Waals surface area contributed by atoms with Crippen molar-refractivity contribution in [1.29, 1.82) is 0 Å². The number of aryl methyl sites for hydroxylation is 2. The normalized spacial score (nSPS) is 10.4. The second-order valence-corrected chi connectivity index (χ2v) is 3.82. The van der Waals surface area contributed by atoms with Gasteiger partial charge in [-0.1, -0.05) is 0 Å². The highest BCUT2D eigenvalue weighted by atomic mass is 16.4. The molecule has 16 heavy (non-hydrogen) atoms. The molecule has 5 heteroatoms. The van der Waals surface area contributed by atoms with Gasteiger partial charge in [0.05, 0.1) is 0 Å². The third kappa shape index (κ3) is 3.49. The lowest BCUT2D eigenvalue weighted by molar-refractivity contribution is -0.137. The molecule has 1 heterocycles. The van der Waals surface area contributed by atoms with Crippen molar-refractivity contribution < 1.29 is 9.90 Å². The molecule has 0 unspecified atom stereocenters. The van der Waals surface area contributed by atoms with Crippen LogP contribution in [0.4, 0.5) is 0 Å². The zero-order valence-corrected chi connectivity index (χ0v) is 9.56. The molecule has 0 saturated carbocycles. The smallest absolute Gasteiger partial charge is 0.347 e. The van der Waals surface area contributed by atoms with Gasteiger partial charge in [0.2, 0.25) is 0 Å². The lowest BCUT2D eigenvalue weighted by Crippen LogP contribution is -2.25. The Balaban J connectivity index is 2.61. The van der Waals surface area contributed by atoms with Gasteiger partial charge in [-0.2, -0.15) is 4.98 Å². The summed E-state index contributed by atoms with van der Waals surface area (Å²) < 4.78 is 1.58. The molecule has 0 aliphatic rings. The number of carboxylic acids is 1. The van der Waals surface area contributed by atoms with Crippen LogP contribution in [0.2, 0.25) is 0 Å². The molecular weight excluding hydrogens is 208 g/mol. The molecule has 0 spiro atoms. The van der Waals surface area contributed by atoms with Crippen molar-refractivity contribution in [3.05, 3.63) is 27.9 Å². The molecular formula is C11H16N2O3. The molecule has 5 nitrogen and oxygen atoms in total. The Kier molecular flexibility index (Phi) is 4.22. The Morgan fingerprint density at radius 2 is 2.12 bits per heavy atom. The molecule has 0 aliphatic heterocycles. The minimum Gasteiger partial charge on any atom is -0.481 e. The van der Waals surface area contributed by atoms with E-state index >= 15 is 0 Å². The number of unbranched alkanes of at least 4 members (excludes halogenated alkanes) is 1. The van der Waals surface area contributed by atoms with Crippen molar-refractivity contribution >= 4 is 5.97 Å². The van der Waals surface area contributed by atoms with Gasteiger partial charge in [-0.05, 0) is 32.8 Å². The quantitative estimate of drug-likeness (QED) is 0.760. The molecule has 0 radical (unpaired) electrons. The second-order valence-electron chi connectivity index (χ2n) is 3.82. The maximum absolute atomic E-state index is 11.5. The summed E-state index contributed by atoms with van der Waals surface area (Å²) in [7, 11) is 0. The van der Waals surface area contributed by atoms with Crippen LogP contribution in [0.15, 0.2) is 10.9 Å². The number of carbonyl (C=O) groups is 1. The highest BCUT2D eigenvalue weighted by Crippen LogP contribution is 2.01. The molecule has 0 aliphatic carbocycles. The molecule has 0 bridgehead atoms. The van der Waals surface area contributed by atoms with Crippen LogP contribution in [0.5, 0.6) is 0 Å². The van der Waals surface area contributed by atoms with E-state index in [0.717, 1.165) is 5.69 Å². The lowest BCUT2D eigenvalue weighted by Gasteiger charge is -2.08. The Morgan fingerprint density at radius 3 is 2.69 bits per heavy atom. The van der Waals surface area contributed by atoms with E-state index in [9.17, 15) is 9.59 Å². The van der Waals surface area contributed by atoms with Crippen LogP contribution in [-0.4, -0.2) is 20.6 Å². The summed E-state index contributed by atoms with van der Waals surface area (Å²) >= 11 is 0. The average Bonchev–Trinajstić information content (AvgIpc) is 2.14. The van der Waals surface area contributed by atoms with E-state index in [1.54, 1.807) is 11.5 Å². The van der Waals surface area contributed by atoms with Gasteiger partial charge < -0.3 is 5.11 Å². The summed E-state index contributed by atoms with van der Waals surface area (Å²) in [4.78, 5) is 25.7. The van der Waals surface area contributed by atoms with Crippen molar-refractivity contribution in [3.63, 3.8) is 0 Å². The van der Waals surface area contributed by atoms with E-state index < -0.39 is 5.97 Å². The standard InChI is InChI=1S/C11H16N2O3/c1-8-7-9(2)13(11(16)12-8)6-4-3-5-10(14)15/h7H,3-6H2,1-2H3,(H,14,15). The molecule has 0 amide bonds. The van der Waals surface area contributed by atoms with Crippen molar-refractivity contribution in [2.75, 3.05) is 0 Å². The van der Waals surface area contributed by atoms with Gasteiger partial charge in [-0.15, -0.1) is 0 Å². The Hall–Kier alpha value is -1.65. The van der Waals surface area contributed by atoms with Gasteiger partial charge in [-0.25, -0.2) is 4.79 Å². The van der Waals surface area contributed by atoms with E-state index in [4.69, 9.17) is 5.11 Å². The molecule has 0 atom stereocenters. The number of hydrogen-bond donors (Lipinski definition) is 1. The van der Waals surface area contributed by atoms with Crippen molar-refractivity contribution in [3.8, 4) is 0 Å². The molecule has 1 N–H and O–H groups in total. The Bertz CT molecular complexity index is 437. The largest absolute Gasteiger partial charge is 0.481 e. The predicted octanol–water partition coefficient (Wildman–Crippen LogP) is 1.12. The number of aliphatic carboxylic acids is 1. The van der Waals surface area contributed by atoms with E-state index in [-0.39, 0.29) is 12.1 Å². The fourth-order valence-electron chi connectivity index (χ4n) is 1.59. The summed E-state index contributed by atoms with van der Waals surface area (Å²) in [6, 6.07) is 1.85. The van der Waals surface area contributed by atoms with E-state index in [1.807, 2.05) is 13.0 Å². The van der Waals surface area contributed by atoms with E-state index in [2.05, 4.69) is 4.98 Å². The van der Waals surface area contributed by atoms with Crippen molar-refractivity contribution in [1.82, 2.24) is 9.55 Å². The monoisotopic (exact) mass is 224 g/mol. The zero-order chi connectivity index (χ0) is 12.1. The number of hydrogen-bond acceptors (Lipinski definition) is 3. The molecule has 1 rings (SSSR count). The van der Waals surface area contributed by atoms with Crippen LogP contribution < -0.4 is 5.69 Å². The van der Waals surface area contributed by atoms with Gasteiger partial charge in [-0.3, -0.25) is 9.36 Å². The van der Waals surface area contributed by atoms with Crippen LogP contribution in [0, 0.1) is 13.8 Å². The summed E-state index contributed by atoms with van der Waals surface area (Å²) in [5.74, 6) is -0.800. The fourth-order valence-corrected chi connectivity index (χ4v) is 1.59. The first-order valence-electron chi connectivity index (χ1n) is 5.27. The lowest BCUT2D eigenvalue weighted by atomic mass is 10.2. The number of carboxylic acid groups (broad SMARTS) is 1. The van der Waals surface area contributed by atoms with Gasteiger partial charge in [0.1, 0.15) is 0 Å². The maximum atomic E-state index is 11.5. The number of aromatic nitrogens is 2. The predicted molar refractivity (Wildman–Crippen MR) is 59.5 cm³/mol. The van der Waals surface area contributed by atoms with Crippen LogP contribution in [0.1, 0.15) is 30.7 Å². The van der Waals surface area contributed by atoms with Crippen molar-refractivity contribution in [2.45, 2.75) is 39.7 Å². The second kappa shape index (κ2) is 5.44. The van der Waals surface area contributed by atoms with Gasteiger partial charge in [0.15, 0.2) is 0 Å². The van der Waals surface area contributed by atoms with E-state index in [0.29, 0.717) is 25.1 Å². The fraction of sp³-hybridized carbons (Fsp3) is 0.545. The van der Waals surface area contributed by atoms with Crippen LogP contribution in [0.3, 0.4) is 0 Å². The molecule has 0 fully saturated rings. The van der Waals surface area contributed by atoms with Gasteiger partial charge in [0, 0.05) is 24.4 Å². The molecule has 0 aromatic carbocycles. The highest BCUT2D eigenvalue weighted by molar-refractivity contribution is 5.66. The SMILES string of the molecule is Cc1cc(C)n(CCCCC(=O)O)c(=O)n1. The first-order chi connectivity index (χ1) is 7.50. The molecule has 88 valence electrons. The summed E-state index contributed by atoms with van der Waals surface area (Å²) in [5.41, 5.74) is 1.32. The van der Waals surface area contributed by atoms with Crippen LogP contribution in [0.25, 0.3) is 0 Å². The van der Waals surface area contributed by atoms with Gasteiger partial charge in [0.25, 0.3) is 0 Å². The summed E-state index contributed by atoms with van der Waals surface area (Å²) in [6.07, 6.45) is 1.40. The highest BCUT2D eigenvalue weighted by Gasteiger charge is 2.03. The minimum absolute atomic E-state index is 0.146. The Morgan fingerprint density at radius 1 is 1.44 bits per heavy atom. The molecule has 1 aromatic heterocycles. The molecule has 1 aromatic rings. The first kappa shape index (κ1) is 12.4. The summed E-state index contributed by atoms with van der Waals surface area (Å²) in [6.45, 7) is 4.17. The third-order valence-electron chi connectivity index (χ3n) is 2.37. The average molecular weight is 224 g/mol. The van der Waals surface area contributed by atoms with Crippen LogP contribution in [-0.2, 0) is 11.3 Å². The van der Waals surface area contributed by atoms with Crippen LogP contribution >= 0.6 is 0 Å². The molecule has 0 saturated heterocycles. The number of rotatable bonds is 5. The maximum Gasteiger partial charge on any atom is 0.347 e. The van der Waals surface area contributed by atoms with E-state index in [1.165, 1.54) is 0 Å². The summed E-state index contributed by atoms with van der Waals surface area (Å²) in [5, 5.41) is 8.48. The van der Waals surface area contributed by atoms with Crippen molar-refractivity contribution in [2.24, 2.45) is 0 Å². The topological polar surface area (TPSA) is 72.2 Å². The zero-order valence-electron chi connectivity index (χ0n) is 9.56. The minimum atomic E-state index is -0.800. The Labute approximate surface area is 93.8 Å².